The van der Waals surface area contributed by atoms with Crippen molar-refractivity contribution in [2.24, 2.45) is 5.10 Å². The highest BCUT2D eigenvalue weighted by Gasteiger charge is 1.45. The molecular formula is C2H6N2O. The summed E-state index contributed by atoms with van der Waals surface area (Å²) in [5.41, 5.74) is 1.59. The summed E-state index contributed by atoms with van der Waals surface area (Å²) < 4.78 is 0. The van der Waals surface area contributed by atoms with E-state index < -0.39 is 0 Å². The van der Waals surface area contributed by atoms with Gasteiger partial charge in [-0.3, -0.25) is 5.21 Å². The van der Waals surface area contributed by atoms with Crippen molar-refractivity contribution < 1.29 is 5.21 Å². The summed E-state index contributed by atoms with van der Waals surface area (Å²) in [4.78, 5) is 0. The van der Waals surface area contributed by atoms with E-state index in [9.17, 15) is 0 Å². The van der Waals surface area contributed by atoms with Gasteiger partial charge in [-0.25, -0.2) is 0 Å². The first-order valence-electron chi connectivity index (χ1n) is 1.28. The average Bonchev–Trinajstić information content (AvgIpc) is 1.41. The highest BCUT2D eigenvalue weighted by Crippen LogP contribution is 1.41. The largest absolute Gasteiger partial charge is 0.274 e. The first kappa shape index (κ1) is 4.43. The van der Waals surface area contributed by atoms with Gasteiger partial charge in [0.15, 0.2) is 0 Å². The SMILES string of the molecule is CC=NNO. The fraction of sp³-hybridized carbons (Fsp3) is 0.500. The molecule has 0 atom stereocenters. The topological polar surface area (TPSA) is 44.6 Å². The Kier molecular flexibility index (Phi) is 3.04. The fourth-order valence-corrected chi connectivity index (χ4v) is 0.0577. The normalized spacial score (nSPS) is 9.20. The Balaban J connectivity index is 2.62. The van der Waals surface area contributed by atoms with Gasteiger partial charge in [0.1, 0.15) is 0 Å². The molecule has 5 heavy (non-hydrogen) atoms. The molecule has 0 aliphatic carbocycles. The minimum Gasteiger partial charge on any atom is -0.274 e. The summed E-state index contributed by atoms with van der Waals surface area (Å²) >= 11 is 0. The third-order valence-corrected chi connectivity index (χ3v) is 0.187. The van der Waals surface area contributed by atoms with Gasteiger partial charge < -0.3 is 0 Å². The molecule has 3 heteroatoms. The van der Waals surface area contributed by atoms with Crippen molar-refractivity contribution in [1.82, 2.24) is 5.59 Å². The quantitative estimate of drug-likeness (QED) is 0.339. The maximum atomic E-state index is 7.62. The van der Waals surface area contributed by atoms with Gasteiger partial charge in [0.05, 0.1) is 0 Å². The summed E-state index contributed by atoms with van der Waals surface area (Å²) in [6.07, 6.45) is 1.44. The highest BCUT2D eigenvalue weighted by molar-refractivity contribution is 5.52. The van der Waals surface area contributed by atoms with Crippen LogP contribution in [0.5, 0.6) is 0 Å². The second kappa shape index (κ2) is 3.43. The Labute approximate surface area is 30.3 Å². The number of nitrogens with one attached hydrogen (secondary N) is 1. The molecule has 0 aromatic rings. The van der Waals surface area contributed by atoms with Crippen molar-refractivity contribution in [2.75, 3.05) is 0 Å². The second-order valence-corrected chi connectivity index (χ2v) is 0.487. The molecule has 0 rings (SSSR count). The van der Waals surface area contributed by atoms with Crippen LogP contribution in [0.15, 0.2) is 5.10 Å². The van der Waals surface area contributed by atoms with Crippen molar-refractivity contribution in [3.63, 3.8) is 0 Å². The van der Waals surface area contributed by atoms with Gasteiger partial charge in [0.2, 0.25) is 0 Å². The smallest absolute Gasteiger partial charge is 0.0236 e. The van der Waals surface area contributed by atoms with E-state index in [1.807, 2.05) is 0 Å². The molecule has 30 valence electrons. The predicted octanol–water partition coefficient (Wildman–Crippen LogP) is -0.0291. The Morgan fingerprint density at radius 2 is 2.60 bits per heavy atom. The van der Waals surface area contributed by atoms with E-state index in [0.717, 1.165) is 0 Å². The zero-order valence-corrected chi connectivity index (χ0v) is 2.97. The highest BCUT2D eigenvalue weighted by atomic mass is 16.5. The van der Waals surface area contributed by atoms with Crippen LogP contribution < -0.4 is 5.59 Å². The van der Waals surface area contributed by atoms with Crippen LogP contribution >= 0.6 is 0 Å². The van der Waals surface area contributed by atoms with E-state index in [-0.39, 0.29) is 0 Å². The zero-order chi connectivity index (χ0) is 4.12. The van der Waals surface area contributed by atoms with Crippen molar-refractivity contribution in [3.05, 3.63) is 0 Å². The van der Waals surface area contributed by atoms with Crippen molar-refractivity contribution in [2.45, 2.75) is 6.92 Å². The van der Waals surface area contributed by atoms with E-state index in [4.69, 9.17) is 5.21 Å². The van der Waals surface area contributed by atoms with Gasteiger partial charge in [0, 0.05) is 6.21 Å². The molecule has 0 saturated heterocycles. The lowest BCUT2D eigenvalue weighted by Gasteiger charge is -1.74. The summed E-state index contributed by atoms with van der Waals surface area (Å²) in [6.45, 7) is 1.70. The maximum absolute atomic E-state index is 7.62. The van der Waals surface area contributed by atoms with Crippen LogP contribution in [-0.4, -0.2) is 11.4 Å². The van der Waals surface area contributed by atoms with Gasteiger partial charge in [-0.1, -0.05) is 0 Å². The molecule has 0 aliphatic heterocycles. The first-order valence-corrected chi connectivity index (χ1v) is 1.28. The molecule has 0 fully saturated rings. The van der Waals surface area contributed by atoms with E-state index >= 15 is 0 Å². The molecule has 0 heterocycles. The van der Waals surface area contributed by atoms with Crippen LogP contribution in [-0.2, 0) is 0 Å². The van der Waals surface area contributed by atoms with Gasteiger partial charge in [-0.05, 0) is 6.92 Å². The molecular weight excluding hydrogens is 68.0 g/mol. The number of nitrogens with zero attached hydrogens (tertiary/aromatic N) is 1. The molecule has 0 unspecified atom stereocenters. The third-order valence-electron chi connectivity index (χ3n) is 0.187. The van der Waals surface area contributed by atoms with Crippen LogP contribution in [0, 0.1) is 0 Å². The monoisotopic (exact) mass is 74.0 g/mol. The number of hydrogen-bond donors (Lipinski definition) is 2. The summed E-state index contributed by atoms with van der Waals surface area (Å²) in [5.74, 6) is 0. The lowest BCUT2D eigenvalue weighted by atomic mass is 10.9. The predicted molar refractivity (Wildman–Crippen MR) is 19.1 cm³/mol. The van der Waals surface area contributed by atoms with E-state index in [1.165, 1.54) is 6.21 Å². The molecule has 0 aromatic heterocycles. The molecule has 3 nitrogen and oxygen atoms in total. The van der Waals surface area contributed by atoms with Gasteiger partial charge in [0.25, 0.3) is 0 Å². The molecule has 0 aromatic carbocycles. The van der Waals surface area contributed by atoms with Crippen LogP contribution in [0.4, 0.5) is 0 Å². The van der Waals surface area contributed by atoms with Crippen molar-refractivity contribution in [3.8, 4) is 0 Å². The Morgan fingerprint density at radius 1 is 2.00 bits per heavy atom. The van der Waals surface area contributed by atoms with Gasteiger partial charge >= 0.3 is 0 Å². The van der Waals surface area contributed by atoms with Crippen molar-refractivity contribution >= 4 is 6.21 Å². The van der Waals surface area contributed by atoms with Gasteiger partial charge in [-0.15, -0.1) is 0 Å². The molecule has 0 aliphatic rings. The lowest BCUT2D eigenvalue weighted by molar-refractivity contribution is 0.172. The Hall–Kier alpha value is -0.570. The van der Waals surface area contributed by atoms with Crippen LogP contribution in [0.25, 0.3) is 0 Å². The molecule has 2 N–H and O–H groups in total. The third kappa shape index (κ3) is 3.43. The molecule has 0 saturated carbocycles. The van der Waals surface area contributed by atoms with Crippen LogP contribution in [0.1, 0.15) is 6.92 Å². The molecule has 0 spiro atoms. The molecule has 0 radical (unpaired) electrons. The van der Waals surface area contributed by atoms with E-state index in [0.29, 0.717) is 0 Å². The van der Waals surface area contributed by atoms with E-state index in [2.05, 4.69) is 5.10 Å². The fourth-order valence-electron chi connectivity index (χ4n) is 0.0577. The summed E-state index contributed by atoms with van der Waals surface area (Å²) in [6, 6.07) is 0. The maximum Gasteiger partial charge on any atom is 0.0236 e. The molecule has 0 bridgehead atoms. The van der Waals surface area contributed by atoms with Crippen LogP contribution in [0.2, 0.25) is 0 Å². The molecule has 0 amide bonds. The Morgan fingerprint density at radius 3 is 2.60 bits per heavy atom. The number of hydrazone groups is 1. The number of hydrogen-bond acceptors (Lipinski definition) is 3. The minimum absolute atomic E-state index is 1.44. The summed E-state index contributed by atoms with van der Waals surface area (Å²) in [7, 11) is 0. The van der Waals surface area contributed by atoms with Gasteiger partial charge in [-0.2, -0.15) is 10.7 Å². The zero-order valence-electron chi connectivity index (χ0n) is 2.97. The second-order valence-electron chi connectivity index (χ2n) is 0.487. The lowest BCUT2D eigenvalue weighted by Crippen LogP contribution is -1.92. The number of rotatable bonds is 1. The minimum atomic E-state index is 1.44. The standard InChI is InChI=1S/C2H6N2O/c1-2-3-4-5/h2,4-5H,1H3. The first-order chi connectivity index (χ1) is 2.41. The summed E-state index contributed by atoms with van der Waals surface area (Å²) in [5, 5.41) is 10.8. The average molecular weight is 74.1 g/mol. The Bertz CT molecular complexity index is 34.6. The van der Waals surface area contributed by atoms with E-state index in [1.54, 1.807) is 12.5 Å². The van der Waals surface area contributed by atoms with Crippen LogP contribution in [0.3, 0.4) is 0 Å². The van der Waals surface area contributed by atoms with Crippen molar-refractivity contribution in [1.29, 1.82) is 0 Å².